The van der Waals surface area contributed by atoms with Crippen LogP contribution in [0.2, 0.25) is 0 Å². The Morgan fingerprint density at radius 3 is 2.44 bits per heavy atom. The number of rotatable bonds is 6. The van der Waals surface area contributed by atoms with E-state index in [-0.39, 0.29) is 18.1 Å². The summed E-state index contributed by atoms with van der Waals surface area (Å²) in [4.78, 5) is 0. The maximum Gasteiger partial charge on any atom is 0.120 e. The maximum absolute atomic E-state index is 9.65. The highest BCUT2D eigenvalue weighted by atomic mass is 16.3. The summed E-state index contributed by atoms with van der Waals surface area (Å²) in [6.45, 7) is 7.31. The molecule has 0 saturated heterocycles. The third-order valence-electron chi connectivity index (χ3n) is 3.04. The summed E-state index contributed by atoms with van der Waals surface area (Å²) in [6, 6.07) is 7.37. The third kappa shape index (κ3) is 5.52. The molecule has 0 radical (unpaired) electrons. The van der Waals surface area contributed by atoms with Gasteiger partial charge in [-0.1, -0.05) is 39.0 Å². The molecule has 1 unspecified atom stereocenters. The molecule has 0 fully saturated rings. The van der Waals surface area contributed by atoms with Crippen molar-refractivity contribution < 1.29 is 10.2 Å². The number of nitrogens with one attached hydrogen (secondary N) is 1. The molecule has 0 amide bonds. The molecule has 0 saturated carbocycles. The topological polar surface area (TPSA) is 52.5 Å². The van der Waals surface area contributed by atoms with Crippen LogP contribution < -0.4 is 5.32 Å². The fraction of sp³-hybridized carbons (Fsp3) is 0.600. The molecule has 1 atom stereocenters. The van der Waals surface area contributed by atoms with Crippen molar-refractivity contribution in [3.05, 3.63) is 29.8 Å². The van der Waals surface area contributed by atoms with Crippen LogP contribution in [-0.2, 0) is 6.54 Å². The Balaban J connectivity index is 2.43. The summed E-state index contributed by atoms with van der Waals surface area (Å²) >= 11 is 0. The highest BCUT2D eigenvalue weighted by Crippen LogP contribution is 2.22. The zero-order valence-corrected chi connectivity index (χ0v) is 11.6. The lowest BCUT2D eigenvalue weighted by atomic mass is 9.89. The van der Waals surface area contributed by atoms with Crippen LogP contribution in [0.5, 0.6) is 5.75 Å². The van der Waals surface area contributed by atoms with E-state index in [0.29, 0.717) is 12.3 Å². The van der Waals surface area contributed by atoms with Crippen molar-refractivity contribution in [3.8, 4) is 5.75 Å². The smallest absolute Gasteiger partial charge is 0.120 e. The maximum atomic E-state index is 9.65. The molecular formula is C15H25NO2. The second kappa shape index (κ2) is 6.76. The number of hydrogen-bond donors (Lipinski definition) is 3. The molecule has 0 bridgehead atoms. The first-order valence-corrected chi connectivity index (χ1v) is 6.53. The fourth-order valence-electron chi connectivity index (χ4n) is 1.78. The minimum absolute atomic E-state index is 0.0869. The van der Waals surface area contributed by atoms with Crippen molar-refractivity contribution in [1.82, 2.24) is 5.32 Å². The Labute approximate surface area is 110 Å². The minimum atomic E-state index is 0.0869. The van der Waals surface area contributed by atoms with Crippen LogP contribution in [0, 0.1) is 5.41 Å². The van der Waals surface area contributed by atoms with Gasteiger partial charge in [0.2, 0.25) is 0 Å². The second-order valence-corrected chi connectivity index (χ2v) is 5.99. The predicted octanol–water partition coefficient (Wildman–Crippen LogP) is 2.67. The van der Waals surface area contributed by atoms with Crippen molar-refractivity contribution in [2.24, 2.45) is 5.41 Å². The van der Waals surface area contributed by atoms with E-state index in [2.05, 4.69) is 26.1 Å². The monoisotopic (exact) mass is 251 g/mol. The summed E-state index contributed by atoms with van der Waals surface area (Å²) in [5.74, 6) is 0.303. The van der Waals surface area contributed by atoms with Crippen molar-refractivity contribution >= 4 is 0 Å². The van der Waals surface area contributed by atoms with Gasteiger partial charge in [0, 0.05) is 18.2 Å². The van der Waals surface area contributed by atoms with Crippen LogP contribution in [0.3, 0.4) is 0 Å². The van der Waals surface area contributed by atoms with Crippen molar-refractivity contribution in [1.29, 1.82) is 0 Å². The molecular weight excluding hydrogens is 226 g/mol. The van der Waals surface area contributed by atoms with Crippen LogP contribution in [-0.4, -0.2) is 22.9 Å². The van der Waals surface area contributed by atoms with Gasteiger partial charge in [-0.2, -0.15) is 0 Å². The zero-order chi connectivity index (χ0) is 13.6. The molecule has 0 aliphatic carbocycles. The Kier molecular flexibility index (Phi) is 5.63. The molecule has 0 aromatic heterocycles. The summed E-state index contributed by atoms with van der Waals surface area (Å²) in [5.41, 5.74) is 1.15. The molecule has 0 heterocycles. The number of phenols is 1. The standard InChI is InChI=1S/C15H25NO2/c1-15(2,3)9-8-13(11-17)16-10-12-6-4-5-7-14(12)18/h4-7,13,16-18H,8-11H2,1-3H3. The number of phenolic OH excluding ortho intramolecular Hbond substituents is 1. The highest BCUT2D eigenvalue weighted by molar-refractivity contribution is 5.31. The number of hydrogen-bond acceptors (Lipinski definition) is 3. The number of para-hydroxylation sites is 1. The first kappa shape index (κ1) is 15.0. The second-order valence-electron chi connectivity index (χ2n) is 5.99. The van der Waals surface area contributed by atoms with E-state index in [1.54, 1.807) is 6.07 Å². The normalized spacial score (nSPS) is 13.6. The largest absolute Gasteiger partial charge is 0.508 e. The molecule has 0 aliphatic heterocycles. The van der Waals surface area contributed by atoms with E-state index in [1.165, 1.54) is 0 Å². The van der Waals surface area contributed by atoms with Crippen molar-refractivity contribution in [2.75, 3.05) is 6.61 Å². The Morgan fingerprint density at radius 1 is 1.22 bits per heavy atom. The molecule has 1 rings (SSSR count). The highest BCUT2D eigenvalue weighted by Gasteiger charge is 2.14. The van der Waals surface area contributed by atoms with E-state index >= 15 is 0 Å². The first-order valence-electron chi connectivity index (χ1n) is 6.53. The van der Waals surface area contributed by atoms with Crippen LogP contribution in [0.15, 0.2) is 24.3 Å². The lowest BCUT2D eigenvalue weighted by Gasteiger charge is -2.23. The van der Waals surface area contributed by atoms with Crippen LogP contribution in [0.4, 0.5) is 0 Å². The van der Waals surface area contributed by atoms with Gasteiger partial charge in [0.05, 0.1) is 6.61 Å². The summed E-state index contributed by atoms with van der Waals surface area (Å²) in [7, 11) is 0. The molecule has 18 heavy (non-hydrogen) atoms. The quantitative estimate of drug-likeness (QED) is 0.728. The molecule has 102 valence electrons. The van der Waals surface area contributed by atoms with E-state index in [4.69, 9.17) is 0 Å². The van der Waals surface area contributed by atoms with E-state index < -0.39 is 0 Å². The lowest BCUT2D eigenvalue weighted by Crippen LogP contribution is -2.33. The first-order chi connectivity index (χ1) is 8.42. The Bertz CT molecular complexity index is 358. The van der Waals surface area contributed by atoms with Gasteiger partial charge in [0.15, 0.2) is 0 Å². The average Bonchev–Trinajstić information content (AvgIpc) is 2.30. The molecule has 0 aliphatic rings. The van der Waals surface area contributed by atoms with Gasteiger partial charge in [0.25, 0.3) is 0 Å². The molecule has 1 aromatic carbocycles. The number of aliphatic hydroxyl groups excluding tert-OH is 1. The van der Waals surface area contributed by atoms with Crippen LogP contribution >= 0.6 is 0 Å². The third-order valence-corrected chi connectivity index (χ3v) is 3.04. The molecule has 3 N–H and O–H groups in total. The average molecular weight is 251 g/mol. The lowest BCUT2D eigenvalue weighted by molar-refractivity contribution is 0.217. The van der Waals surface area contributed by atoms with Crippen molar-refractivity contribution in [3.63, 3.8) is 0 Å². The predicted molar refractivity (Wildman–Crippen MR) is 74.5 cm³/mol. The van der Waals surface area contributed by atoms with Crippen molar-refractivity contribution in [2.45, 2.75) is 46.2 Å². The van der Waals surface area contributed by atoms with E-state index in [0.717, 1.165) is 18.4 Å². The minimum Gasteiger partial charge on any atom is -0.508 e. The van der Waals surface area contributed by atoms with Gasteiger partial charge in [-0.25, -0.2) is 0 Å². The SMILES string of the molecule is CC(C)(C)CCC(CO)NCc1ccccc1O. The van der Waals surface area contributed by atoms with E-state index in [1.807, 2.05) is 18.2 Å². The summed E-state index contributed by atoms with van der Waals surface area (Å²) in [6.07, 6.45) is 2.00. The van der Waals surface area contributed by atoms with Gasteiger partial charge >= 0.3 is 0 Å². The summed E-state index contributed by atoms with van der Waals surface area (Å²) in [5, 5.41) is 22.3. The van der Waals surface area contributed by atoms with Gasteiger partial charge in [0.1, 0.15) is 5.75 Å². The van der Waals surface area contributed by atoms with Gasteiger partial charge in [-0.3, -0.25) is 0 Å². The number of benzene rings is 1. The fourth-order valence-corrected chi connectivity index (χ4v) is 1.78. The molecule has 3 nitrogen and oxygen atoms in total. The van der Waals surface area contributed by atoms with Gasteiger partial charge in [-0.15, -0.1) is 0 Å². The summed E-state index contributed by atoms with van der Waals surface area (Å²) < 4.78 is 0. The van der Waals surface area contributed by atoms with Gasteiger partial charge < -0.3 is 15.5 Å². The molecule has 3 heteroatoms. The Hall–Kier alpha value is -1.06. The molecule has 0 spiro atoms. The van der Waals surface area contributed by atoms with E-state index in [9.17, 15) is 10.2 Å². The van der Waals surface area contributed by atoms with Gasteiger partial charge in [-0.05, 0) is 24.3 Å². The molecule has 1 aromatic rings. The van der Waals surface area contributed by atoms with Crippen LogP contribution in [0.25, 0.3) is 0 Å². The Morgan fingerprint density at radius 2 is 1.89 bits per heavy atom. The zero-order valence-electron chi connectivity index (χ0n) is 11.6. The number of aromatic hydroxyl groups is 1. The number of aliphatic hydroxyl groups is 1. The van der Waals surface area contributed by atoms with Crippen LogP contribution in [0.1, 0.15) is 39.2 Å².